The highest BCUT2D eigenvalue weighted by Gasteiger charge is 2.43. The molecule has 16 nitrogen and oxygen atoms in total. The summed E-state index contributed by atoms with van der Waals surface area (Å²) in [5.41, 5.74) is 6.22. The Balaban J connectivity index is 0.000000169. The maximum absolute atomic E-state index is 13.5. The van der Waals surface area contributed by atoms with Crippen LogP contribution < -0.4 is 20.4 Å². The Bertz CT molecular complexity index is 3250. The molecule has 0 spiro atoms. The Morgan fingerprint density at radius 3 is 1.40 bits per heavy atom. The van der Waals surface area contributed by atoms with Gasteiger partial charge in [0.2, 0.25) is 0 Å². The van der Waals surface area contributed by atoms with E-state index in [1.807, 2.05) is 93.6 Å². The van der Waals surface area contributed by atoms with E-state index in [2.05, 4.69) is 54.7 Å². The molecule has 2 unspecified atom stereocenters. The van der Waals surface area contributed by atoms with Gasteiger partial charge in [-0.05, 0) is 187 Å². The number of amides is 4. The van der Waals surface area contributed by atoms with Crippen LogP contribution in [-0.4, -0.2) is 125 Å². The fourth-order valence-electron chi connectivity index (χ4n) is 11.0. The Morgan fingerprint density at radius 2 is 0.975 bits per heavy atom. The number of hydrogen-bond donors (Lipinski definition) is 3. The molecule has 0 saturated carbocycles. The van der Waals surface area contributed by atoms with Crippen molar-refractivity contribution in [2.24, 2.45) is 0 Å². The van der Waals surface area contributed by atoms with Gasteiger partial charge in [0.05, 0.1) is 17.6 Å². The standard InChI is InChI=1S/C30H36N4O3.C17H18F3N3O.C15H19NO4/c1-30(2,3)37-29(36)32-27-10-8-20-5-6-22(18-26(20)27)28(35)33(4)24-12-15-34(16-13-24)25-9-7-23-19-31-14-11-21(23)17-25;1-22(16(24)17(18,19)20)14-5-8-23(9-6-14)15-3-2-13-11-21-7-4-12(13)10-15;1-15(2,3)20-14(19)16-12-7-6-9-4-5-10(13(17)18)8-11(9)12/h5-7,9,11,14,17-19,24,27H,8,10,12-13,15-16H2,1-4H3,(H,32,36);2-4,7,10-11,14H,5-6,8-9H2,1H3;4-5,8,12H,6-7H2,1-3H3,(H,16,19)(H,17,18). The van der Waals surface area contributed by atoms with E-state index in [4.69, 9.17) is 14.6 Å². The molecule has 2 atom stereocenters. The lowest BCUT2D eigenvalue weighted by Gasteiger charge is -2.38. The molecule has 19 heteroatoms. The van der Waals surface area contributed by atoms with Gasteiger partial charge < -0.3 is 44.8 Å². The van der Waals surface area contributed by atoms with Crippen molar-refractivity contribution in [3.8, 4) is 0 Å². The zero-order chi connectivity index (χ0) is 58.4. The van der Waals surface area contributed by atoms with E-state index >= 15 is 0 Å². The fraction of sp³-hybridized carbons (Fsp3) is 0.435. The van der Waals surface area contributed by atoms with Crippen molar-refractivity contribution < 1.29 is 51.7 Å². The van der Waals surface area contributed by atoms with Gasteiger partial charge in [0.25, 0.3) is 5.91 Å². The average Bonchev–Trinajstić information content (AvgIpc) is 4.04. The van der Waals surface area contributed by atoms with E-state index in [0.717, 1.165) is 95.1 Å². The zero-order valence-corrected chi connectivity index (χ0v) is 47.3. The summed E-state index contributed by atoms with van der Waals surface area (Å²) in [5, 5.41) is 19.3. The summed E-state index contributed by atoms with van der Waals surface area (Å²) in [7, 11) is 3.15. The number of benzene rings is 4. The first-order chi connectivity index (χ1) is 38.3. The Morgan fingerprint density at radius 1 is 0.556 bits per heavy atom. The number of carbonyl (C=O) groups excluding carboxylic acids is 4. The molecule has 4 amide bonds. The maximum Gasteiger partial charge on any atom is 0.471 e. The van der Waals surface area contributed by atoms with Crippen LogP contribution >= 0.6 is 0 Å². The topological polar surface area (TPSA) is 187 Å². The molecular formula is C62H73F3N8O8. The van der Waals surface area contributed by atoms with Gasteiger partial charge in [-0.3, -0.25) is 19.6 Å². The van der Waals surface area contributed by atoms with Gasteiger partial charge >= 0.3 is 30.2 Å². The van der Waals surface area contributed by atoms with Crippen LogP contribution in [0.25, 0.3) is 21.5 Å². The number of nitrogens with one attached hydrogen (secondary N) is 2. The van der Waals surface area contributed by atoms with E-state index in [0.29, 0.717) is 31.5 Å². The van der Waals surface area contributed by atoms with Crippen molar-refractivity contribution in [2.45, 2.75) is 134 Å². The summed E-state index contributed by atoms with van der Waals surface area (Å²) in [5.74, 6) is -2.70. The van der Waals surface area contributed by atoms with Crippen molar-refractivity contribution >= 4 is 62.9 Å². The number of ether oxygens (including phenoxy) is 2. The van der Waals surface area contributed by atoms with Crippen LogP contribution in [0, 0.1) is 0 Å². The summed E-state index contributed by atoms with van der Waals surface area (Å²) in [6.45, 7) is 14.0. The average molecular weight is 1120 g/mol. The van der Waals surface area contributed by atoms with Crippen LogP contribution in [0.2, 0.25) is 0 Å². The SMILES string of the molecule is CC(C)(C)OC(=O)NC1CCc2ccc(C(=O)O)cc21.CN(C(=O)C(F)(F)F)C1CCN(c2ccc3cnccc3c2)CC1.CN(C(=O)c1ccc2c(c1)C(NC(=O)OC(C)(C)C)CC2)C1CCN(c2ccc3cnccc3c2)CC1. The van der Waals surface area contributed by atoms with Crippen molar-refractivity contribution in [2.75, 3.05) is 50.1 Å². The molecule has 430 valence electrons. The van der Waals surface area contributed by atoms with Crippen LogP contribution in [0.4, 0.5) is 34.1 Å². The second kappa shape index (κ2) is 24.8. The zero-order valence-electron chi connectivity index (χ0n) is 47.3. The maximum atomic E-state index is 13.5. The minimum atomic E-state index is -4.81. The lowest BCUT2D eigenvalue weighted by Crippen LogP contribution is -2.49. The van der Waals surface area contributed by atoms with Crippen LogP contribution in [0.15, 0.2) is 110 Å². The lowest BCUT2D eigenvalue weighted by molar-refractivity contribution is -0.186. The molecular weight excluding hydrogens is 1040 g/mol. The first kappa shape index (κ1) is 59.2. The van der Waals surface area contributed by atoms with Gasteiger partial charge in [-0.25, -0.2) is 14.4 Å². The van der Waals surface area contributed by atoms with Crippen LogP contribution in [-0.2, 0) is 27.1 Å². The normalized spacial score (nSPS) is 17.4. The summed E-state index contributed by atoms with van der Waals surface area (Å²) in [4.78, 5) is 75.5. The molecule has 2 aliphatic heterocycles. The summed E-state index contributed by atoms with van der Waals surface area (Å²) < 4.78 is 48.3. The molecule has 4 aliphatic rings. The Hall–Kier alpha value is -7.96. The van der Waals surface area contributed by atoms with E-state index in [1.54, 1.807) is 45.3 Å². The number of rotatable bonds is 8. The molecule has 81 heavy (non-hydrogen) atoms. The van der Waals surface area contributed by atoms with Crippen molar-refractivity contribution in [1.82, 2.24) is 30.4 Å². The number of alkyl carbamates (subject to hydrolysis) is 2. The number of pyridine rings is 2. The van der Waals surface area contributed by atoms with E-state index in [-0.39, 0.29) is 35.6 Å². The molecule has 2 saturated heterocycles. The first-order valence-electron chi connectivity index (χ1n) is 27.6. The number of fused-ring (bicyclic) bond motifs is 4. The largest absolute Gasteiger partial charge is 0.478 e. The Kier molecular flexibility index (Phi) is 18.1. The van der Waals surface area contributed by atoms with Gasteiger partial charge in [-0.2, -0.15) is 13.2 Å². The number of carboxylic acid groups (broad SMARTS) is 1. The molecule has 4 heterocycles. The first-order valence-corrected chi connectivity index (χ1v) is 27.6. The number of piperidine rings is 2. The smallest absolute Gasteiger partial charge is 0.471 e. The van der Waals surface area contributed by atoms with Crippen LogP contribution in [0.3, 0.4) is 0 Å². The molecule has 10 rings (SSSR count). The number of carboxylic acids is 1. The third-order valence-electron chi connectivity index (χ3n) is 15.2. The van der Waals surface area contributed by atoms with Gasteiger partial charge in [-0.1, -0.05) is 24.3 Å². The predicted molar refractivity (Wildman–Crippen MR) is 306 cm³/mol. The predicted octanol–water partition coefficient (Wildman–Crippen LogP) is 11.6. The van der Waals surface area contributed by atoms with Crippen molar-refractivity contribution in [1.29, 1.82) is 0 Å². The third kappa shape index (κ3) is 15.3. The number of nitrogens with zero attached hydrogens (tertiary/aromatic N) is 6. The number of carbonyl (C=O) groups is 5. The minimum Gasteiger partial charge on any atom is -0.478 e. The molecule has 6 aromatic rings. The lowest BCUT2D eigenvalue weighted by atomic mass is 10.00. The molecule has 0 radical (unpaired) electrons. The van der Waals surface area contributed by atoms with Crippen LogP contribution in [0.1, 0.15) is 135 Å². The van der Waals surface area contributed by atoms with Crippen molar-refractivity contribution in [3.63, 3.8) is 0 Å². The Labute approximate surface area is 471 Å². The second-order valence-corrected chi connectivity index (χ2v) is 23.2. The number of alkyl halides is 3. The molecule has 2 fully saturated rings. The molecule has 2 aliphatic carbocycles. The van der Waals surface area contributed by atoms with Crippen molar-refractivity contribution in [3.05, 3.63) is 143 Å². The quantitative estimate of drug-likeness (QED) is 0.131. The van der Waals surface area contributed by atoms with E-state index < -0.39 is 41.4 Å². The summed E-state index contributed by atoms with van der Waals surface area (Å²) in [6.07, 6.45) is 7.70. The fourth-order valence-corrected chi connectivity index (χ4v) is 11.0. The van der Waals surface area contributed by atoms with Gasteiger partial charge in [0, 0.05) is 105 Å². The van der Waals surface area contributed by atoms with Gasteiger partial charge in [0.1, 0.15) is 11.2 Å². The highest BCUT2D eigenvalue weighted by molar-refractivity contribution is 5.95. The molecule has 3 N–H and O–H groups in total. The van der Waals surface area contributed by atoms with E-state index in [9.17, 15) is 37.1 Å². The van der Waals surface area contributed by atoms with Gasteiger partial charge in [0.15, 0.2) is 0 Å². The highest BCUT2D eigenvalue weighted by Crippen LogP contribution is 2.35. The minimum absolute atomic E-state index is 0.0300. The van der Waals surface area contributed by atoms with Crippen LogP contribution in [0.5, 0.6) is 0 Å². The van der Waals surface area contributed by atoms with E-state index in [1.165, 1.54) is 23.7 Å². The summed E-state index contributed by atoms with van der Waals surface area (Å²) in [6, 6.07) is 27.0. The number of halogens is 3. The van der Waals surface area contributed by atoms with Gasteiger partial charge in [-0.15, -0.1) is 0 Å². The number of hydrogen-bond acceptors (Lipinski definition) is 11. The summed E-state index contributed by atoms with van der Waals surface area (Å²) >= 11 is 0. The molecule has 0 bridgehead atoms. The number of aromatic carboxylic acids is 1. The molecule has 2 aromatic heterocycles. The second-order valence-electron chi connectivity index (χ2n) is 23.2. The molecule has 4 aromatic carbocycles. The highest BCUT2D eigenvalue weighted by atomic mass is 19.4. The number of aryl methyl sites for hydroxylation is 2. The number of aromatic nitrogens is 2. The third-order valence-corrected chi connectivity index (χ3v) is 15.2. The number of anilines is 2. The monoisotopic (exact) mass is 1110 g/mol.